The Morgan fingerprint density at radius 2 is 1.64 bits per heavy atom. The van der Waals surface area contributed by atoms with E-state index < -0.39 is 0 Å². The van der Waals surface area contributed by atoms with E-state index in [1.165, 1.54) is 50.7 Å². The molecule has 0 radical (unpaired) electrons. The van der Waals surface area contributed by atoms with Crippen molar-refractivity contribution in [3.05, 3.63) is 0 Å². The molecule has 0 aromatic heterocycles. The lowest BCUT2D eigenvalue weighted by Gasteiger charge is -2.20. The summed E-state index contributed by atoms with van der Waals surface area (Å²) in [5, 5.41) is 1.05. The van der Waals surface area contributed by atoms with Crippen molar-refractivity contribution in [2.45, 2.75) is 50.2 Å². The first-order valence-electron chi connectivity index (χ1n) is 5.07. The quantitative estimate of drug-likeness (QED) is 0.625. The molecule has 2 aliphatic carbocycles. The van der Waals surface area contributed by atoms with Crippen LogP contribution >= 0.6 is 11.8 Å². The predicted molar refractivity (Wildman–Crippen MR) is 52.1 cm³/mol. The zero-order chi connectivity index (χ0) is 7.52. The van der Waals surface area contributed by atoms with Crippen LogP contribution in [0.15, 0.2) is 0 Å². The summed E-state index contributed by atoms with van der Waals surface area (Å²) in [6, 6.07) is 0. The minimum Gasteiger partial charge on any atom is -0.158 e. The van der Waals surface area contributed by atoms with Crippen LogP contribution in [0.25, 0.3) is 0 Å². The van der Waals surface area contributed by atoms with E-state index >= 15 is 0 Å². The summed E-state index contributed by atoms with van der Waals surface area (Å²) in [5.41, 5.74) is 0. The average Bonchev–Trinajstić information content (AvgIpc) is 2.86. The smallest absolute Gasteiger partial charge is 0.00471 e. The summed E-state index contributed by atoms with van der Waals surface area (Å²) in [4.78, 5) is 0. The summed E-state index contributed by atoms with van der Waals surface area (Å²) in [7, 11) is 0. The fourth-order valence-corrected chi connectivity index (χ4v) is 3.33. The van der Waals surface area contributed by atoms with Gasteiger partial charge in [0.15, 0.2) is 0 Å². The van der Waals surface area contributed by atoms with Gasteiger partial charge >= 0.3 is 0 Å². The third-order valence-electron chi connectivity index (χ3n) is 2.82. The summed E-state index contributed by atoms with van der Waals surface area (Å²) >= 11 is 2.27. The summed E-state index contributed by atoms with van der Waals surface area (Å²) in [6.45, 7) is 0. The third-order valence-corrected chi connectivity index (χ3v) is 4.42. The lowest BCUT2D eigenvalue weighted by molar-refractivity contribution is 0.516. The molecule has 0 aromatic carbocycles. The van der Waals surface area contributed by atoms with Crippen molar-refractivity contribution in [1.82, 2.24) is 0 Å². The Labute approximate surface area is 74.1 Å². The van der Waals surface area contributed by atoms with Crippen LogP contribution in [0.3, 0.4) is 0 Å². The van der Waals surface area contributed by atoms with E-state index in [0.29, 0.717) is 0 Å². The largest absolute Gasteiger partial charge is 0.158 e. The molecule has 0 atom stereocenters. The molecule has 2 fully saturated rings. The van der Waals surface area contributed by atoms with Crippen molar-refractivity contribution < 1.29 is 0 Å². The van der Waals surface area contributed by atoms with Crippen LogP contribution < -0.4 is 0 Å². The minimum atomic E-state index is 1.05. The number of hydrogen-bond acceptors (Lipinski definition) is 1. The van der Waals surface area contributed by atoms with Gasteiger partial charge in [-0.1, -0.05) is 19.3 Å². The second-order valence-corrected chi connectivity index (χ2v) is 5.37. The minimum absolute atomic E-state index is 1.05. The van der Waals surface area contributed by atoms with Crippen LogP contribution in [0.1, 0.15) is 44.9 Å². The summed E-state index contributed by atoms with van der Waals surface area (Å²) in [5.74, 6) is 2.60. The summed E-state index contributed by atoms with van der Waals surface area (Å²) < 4.78 is 0. The van der Waals surface area contributed by atoms with Crippen LogP contribution in [0.2, 0.25) is 0 Å². The first-order valence-corrected chi connectivity index (χ1v) is 6.11. The van der Waals surface area contributed by atoms with Gasteiger partial charge in [0.05, 0.1) is 0 Å². The van der Waals surface area contributed by atoms with Crippen LogP contribution in [0, 0.1) is 5.92 Å². The fraction of sp³-hybridized carbons (Fsp3) is 1.00. The topological polar surface area (TPSA) is 0 Å². The molecule has 64 valence electrons. The van der Waals surface area contributed by atoms with E-state index in [2.05, 4.69) is 11.8 Å². The van der Waals surface area contributed by atoms with Crippen molar-refractivity contribution in [2.24, 2.45) is 5.92 Å². The molecule has 0 saturated heterocycles. The van der Waals surface area contributed by atoms with Crippen LogP contribution in [-0.4, -0.2) is 11.0 Å². The Hall–Kier alpha value is 0.350. The molecular formula is C10H18S. The molecule has 2 saturated carbocycles. The van der Waals surface area contributed by atoms with Crippen molar-refractivity contribution in [1.29, 1.82) is 0 Å². The van der Waals surface area contributed by atoms with Crippen molar-refractivity contribution in [2.75, 3.05) is 5.75 Å². The third kappa shape index (κ3) is 2.70. The monoisotopic (exact) mass is 170 g/mol. The van der Waals surface area contributed by atoms with Gasteiger partial charge in [-0.2, -0.15) is 11.8 Å². The first kappa shape index (κ1) is 7.97. The van der Waals surface area contributed by atoms with Gasteiger partial charge in [-0.05, 0) is 37.4 Å². The first-order chi connectivity index (χ1) is 5.45. The SMILES string of the molecule is C1CCC(SCC2CC2)CC1. The molecule has 11 heavy (non-hydrogen) atoms. The van der Waals surface area contributed by atoms with Gasteiger partial charge in [0.2, 0.25) is 0 Å². The van der Waals surface area contributed by atoms with Gasteiger partial charge in [-0.15, -0.1) is 0 Å². The highest BCUT2D eigenvalue weighted by Gasteiger charge is 2.23. The molecule has 1 heteroatoms. The second kappa shape index (κ2) is 3.84. The zero-order valence-corrected chi connectivity index (χ0v) is 8.04. The maximum Gasteiger partial charge on any atom is 0.00471 e. The number of rotatable bonds is 3. The van der Waals surface area contributed by atoms with E-state index in [1.54, 1.807) is 0 Å². The van der Waals surface area contributed by atoms with E-state index in [0.717, 1.165) is 11.2 Å². The molecule has 2 rings (SSSR count). The molecule has 0 unspecified atom stereocenters. The van der Waals surface area contributed by atoms with Gasteiger partial charge in [0, 0.05) is 5.25 Å². The van der Waals surface area contributed by atoms with Crippen LogP contribution in [-0.2, 0) is 0 Å². The molecule has 0 aliphatic heterocycles. The van der Waals surface area contributed by atoms with Crippen molar-refractivity contribution >= 4 is 11.8 Å². The predicted octanol–water partition coefficient (Wildman–Crippen LogP) is 3.46. The van der Waals surface area contributed by atoms with Crippen molar-refractivity contribution in [3.8, 4) is 0 Å². The van der Waals surface area contributed by atoms with E-state index in [-0.39, 0.29) is 0 Å². The fourth-order valence-electron chi connectivity index (χ4n) is 1.79. The standard InChI is InChI=1S/C10H18S/c1-2-4-10(5-3-1)11-8-9-6-7-9/h9-10H,1-8H2. The number of hydrogen-bond donors (Lipinski definition) is 0. The molecular weight excluding hydrogens is 152 g/mol. The highest BCUT2D eigenvalue weighted by atomic mass is 32.2. The molecule has 0 amide bonds. The van der Waals surface area contributed by atoms with E-state index in [1.807, 2.05) is 0 Å². The molecule has 0 aromatic rings. The average molecular weight is 170 g/mol. The Bertz CT molecular complexity index is 112. The maximum absolute atomic E-state index is 2.27. The van der Waals surface area contributed by atoms with Crippen LogP contribution in [0.5, 0.6) is 0 Å². The Balaban J connectivity index is 1.59. The Morgan fingerprint density at radius 1 is 0.909 bits per heavy atom. The zero-order valence-electron chi connectivity index (χ0n) is 7.22. The summed E-state index contributed by atoms with van der Waals surface area (Å²) in [6.07, 6.45) is 10.6. The van der Waals surface area contributed by atoms with E-state index in [4.69, 9.17) is 0 Å². The molecule has 0 nitrogen and oxygen atoms in total. The lowest BCUT2D eigenvalue weighted by Crippen LogP contribution is -2.08. The normalized spacial score (nSPS) is 27.3. The van der Waals surface area contributed by atoms with Gasteiger partial charge in [-0.25, -0.2) is 0 Å². The number of thioether (sulfide) groups is 1. The van der Waals surface area contributed by atoms with Crippen molar-refractivity contribution in [3.63, 3.8) is 0 Å². The van der Waals surface area contributed by atoms with Crippen LogP contribution in [0.4, 0.5) is 0 Å². The maximum atomic E-state index is 2.27. The molecule has 0 bridgehead atoms. The molecule has 0 N–H and O–H groups in total. The lowest BCUT2D eigenvalue weighted by atomic mass is 10.0. The highest BCUT2D eigenvalue weighted by Crippen LogP contribution is 2.36. The molecule has 0 heterocycles. The van der Waals surface area contributed by atoms with Gasteiger partial charge in [0.1, 0.15) is 0 Å². The van der Waals surface area contributed by atoms with E-state index in [9.17, 15) is 0 Å². The second-order valence-electron chi connectivity index (χ2n) is 4.04. The van der Waals surface area contributed by atoms with Gasteiger partial charge in [-0.3, -0.25) is 0 Å². The van der Waals surface area contributed by atoms with Gasteiger partial charge in [0.25, 0.3) is 0 Å². The highest BCUT2D eigenvalue weighted by molar-refractivity contribution is 7.99. The molecule has 0 spiro atoms. The Kier molecular flexibility index (Phi) is 2.78. The molecule has 2 aliphatic rings. The Morgan fingerprint density at radius 3 is 2.27 bits per heavy atom. The van der Waals surface area contributed by atoms with Gasteiger partial charge < -0.3 is 0 Å².